The first-order valence-corrected chi connectivity index (χ1v) is 7.22. The van der Waals surface area contributed by atoms with E-state index in [-0.39, 0.29) is 5.41 Å². The molecule has 1 fully saturated rings. The van der Waals surface area contributed by atoms with Gasteiger partial charge in [0, 0.05) is 6.04 Å². The van der Waals surface area contributed by atoms with Gasteiger partial charge >= 0.3 is 0 Å². The first-order chi connectivity index (χ1) is 8.07. The maximum Gasteiger partial charge on any atom is 0.0684 e. The van der Waals surface area contributed by atoms with Crippen LogP contribution in [0.5, 0.6) is 0 Å². The molecule has 1 N–H and O–H groups in total. The minimum absolute atomic E-state index is 0.174. The molecule has 2 heteroatoms. The molecule has 0 aromatic heterocycles. The minimum Gasteiger partial charge on any atom is -0.314 e. The summed E-state index contributed by atoms with van der Waals surface area (Å²) < 4.78 is 0. The Balaban J connectivity index is 2.13. The number of nitriles is 1. The Kier molecular flexibility index (Phi) is 5.98. The second-order valence-corrected chi connectivity index (χ2v) is 6.21. The topological polar surface area (TPSA) is 35.8 Å². The number of hydrogen-bond donors (Lipinski definition) is 1. The van der Waals surface area contributed by atoms with Gasteiger partial charge < -0.3 is 5.32 Å². The molecular weight excluding hydrogens is 208 g/mol. The van der Waals surface area contributed by atoms with Gasteiger partial charge in [-0.05, 0) is 58.4 Å². The van der Waals surface area contributed by atoms with Crippen molar-refractivity contribution in [2.75, 3.05) is 6.54 Å². The molecule has 98 valence electrons. The van der Waals surface area contributed by atoms with Crippen molar-refractivity contribution in [2.45, 2.75) is 71.8 Å². The molecule has 0 aromatic rings. The summed E-state index contributed by atoms with van der Waals surface area (Å²) in [5.74, 6) is 0.980. The highest BCUT2D eigenvalue weighted by molar-refractivity contribution is 4.92. The molecule has 0 saturated heterocycles. The Bertz CT molecular complexity index is 244. The lowest BCUT2D eigenvalue weighted by Gasteiger charge is -2.29. The van der Waals surface area contributed by atoms with E-state index in [1.807, 2.05) is 13.8 Å². The molecule has 0 aliphatic heterocycles. The van der Waals surface area contributed by atoms with E-state index in [0.717, 1.165) is 18.9 Å². The second-order valence-electron chi connectivity index (χ2n) is 6.21. The Labute approximate surface area is 107 Å². The lowest BCUT2D eigenvalue weighted by molar-refractivity contribution is 0.272. The summed E-state index contributed by atoms with van der Waals surface area (Å²) in [6.07, 6.45) is 9.15. The van der Waals surface area contributed by atoms with Gasteiger partial charge in [0.05, 0.1) is 11.5 Å². The van der Waals surface area contributed by atoms with E-state index in [1.54, 1.807) is 0 Å². The van der Waals surface area contributed by atoms with Crippen molar-refractivity contribution in [3.8, 4) is 6.07 Å². The lowest BCUT2D eigenvalue weighted by Crippen LogP contribution is -2.35. The van der Waals surface area contributed by atoms with E-state index in [9.17, 15) is 0 Å². The van der Waals surface area contributed by atoms with Crippen LogP contribution >= 0.6 is 0 Å². The molecule has 0 radical (unpaired) electrons. The van der Waals surface area contributed by atoms with Gasteiger partial charge in [-0.15, -0.1) is 0 Å². The van der Waals surface area contributed by atoms with Crippen molar-refractivity contribution < 1.29 is 0 Å². The third kappa shape index (κ3) is 5.55. The van der Waals surface area contributed by atoms with E-state index in [4.69, 9.17) is 5.26 Å². The van der Waals surface area contributed by atoms with E-state index in [1.165, 1.54) is 38.5 Å². The number of nitrogens with one attached hydrogen (secondary N) is 1. The van der Waals surface area contributed by atoms with Crippen molar-refractivity contribution in [2.24, 2.45) is 11.3 Å². The van der Waals surface area contributed by atoms with Crippen LogP contribution in [-0.2, 0) is 0 Å². The molecule has 0 atom stereocenters. The fourth-order valence-electron chi connectivity index (χ4n) is 2.71. The Hall–Kier alpha value is -0.550. The van der Waals surface area contributed by atoms with Crippen molar-refractivity contribution >= 4 is 0 Å². The molecule has 0 bridgehead atoms. The predicted molar refractivity (Wildman–Crippen MR) is 72.7 cm³/mol. The van der Waals surface area contributed by atoms with Crippen LogP contribution in [0.4, 0.5) is 0 Å². The maximum atomic E-state index is 8.95. The zero-order valence-corrected chi connectivity index (χ0v) is 11.8. The average molecular weight is 236 g/mol. The van der Waals surface area contributed by atoms with Crippen LogP contribution in [-0.4, -0.2) is 12.6 Å². The van der Waals surface area contributed by atoms with E-state index < -0.39 is 0 Å². The van der Waals surface area contributed by atoms with Crippen LogP contribution in [0.3, 0.4) is 0 Å². The Morgan fingerprint density at radius 1 is 1.24 bits per heavy atom. The molecule has 0 heterocycles. The number of rotatable bonds is 6. The van der Waals surface area contributed by atoms with Crippen LogP contribution in [0, 0.1) is 22.7 Å². The number of nitrogens with zero attached hydrogens (tertiary/aromatic N) is 1. The molecule has 2 nitrogen and oxygen atoms in total. The molecule has 1 aliphatic rings. The highest BCUT2D eigenvalue weighted by Crippen LogP contribution is 2.28. The molecule has 0 unspecified atom stereocenters. The van der Waals surface area contributed by atoms with E-state index >= 15 is 0 Å². The van der Waals surface area contributed by atoms with Gasteiger partial charge in [0.15, 0.2) is 0 Å². The molecule has 17 heavy (non-hydrogen) atoms. The van der Waals surface area contributed by atoms with Crippen molar-refractivity contribution in [1.29, 1.82) is 5.26 Å². The molecule has 0 aromatic carbocycles. The average Bonchev–Trinajstić information content (AvgIpc) is 2.32. The quantitative estimate of drug-likeness (QED) is 0.760. The molecule has 1 rings (SSSR count). The van der Waals surface area contributed by atoms with Crippen molar-refractivity contribution in [3.05, 3.63) is 0 Å². The molecule has 0 spiro atoms. The molecular formula is C15H28N2. The zero-order valence-electron chi connectivity index (χ0n) is 11.8. The smallest absolute Gasteiger partial charge is 0.0684 e. The van der Waals surface area contributed by atoms with Gasteiger partial charge in [0.2, 0.25) is 0 Å². The fraction of sp³-hybridized carbons (Fsp3) is 0.933. The van der Waals surface area contributed by atoms with Crippen LogP contribution in [0.1, 0.15) is 65.7 Å². The monoisotopic (exact) mass is 236 g/mol. The van der Waals surface area contributed by atoms with Gasteiger partial charge in [-0.25, -0.2) is 0 Å². The van der Waals surface area contributed by atoms with Gasteiger partial charge in [0.1, 0.15) is 0 Å². The van der Waals surface area contributed by atoms with Gasteiger partial charge in [-0.1, -0.05) is 19.8 Å². The normalized spacial score (nSPS) is 25.5. The predicted octanol–water partition coefficient (Wildman–Crippen LogP) is 3.87. The third-order valence-electron chi connectivity index (χ3n) is 4.03. The highest BCUT2D eigenvalue weighted by Gasteiger charge is 2.21. The summed E-state index contributed by atoms with van der Waals surface area (Å²) in [6, 6.07) is 3.07. The SMILES string of the molecule is CCCC1CCC(NCCC(C)(C)C#N)CC1. The largest absolute Gasteiger partial charge is 0.314 e. The van der Waals surface area contributed by atoms with Crippen molar-refractivity contribution in [1.82, 2.24) is 5.32 Å². The van der Waals surface area contributed by atoms with Gasteiger partial charge in [-0.2, -0.15) is 5.26 Å². The molecule has 1 aliphatic carbocycles. The van der Waals surface area contributed by atoms with E-state index in [2.05, 4.69) is 18.3 Å². The number of hydrogen-bond acceptors (Lipinski definition) is 2. The summed E-state index contributed by atoms with van der Waals surface area (Å²) in [4.78, 5) is 0. The highest BCUT2D eigenvalue weighted by atomic mass is 14.9. The summed E-state index contributed by atoms with van der Waals surface area (Å²) in [5, 5.41) is 12.6. The second kappa shape index (κ2) is 7.01. The van der Waals surface area contributed by atoms with E-state index in [0.29, 0.717) is 6.04 Å². The lowest BCUT2D eigenvalue weighted by atomic mass is 9.83. The summed E-state index contributed by atoms with van der Waals surface area (Å²) in [5.41, 5.74) is -0.174. The standard InChI is InChI=1S/C15H28N2/c1-4-5-13-6-8-14(9-7-13)17-11-10-15(2,3)12-16/h13-14,17H,4-11H2,1-3H3. The maximum absolute atomic E-state index is 8.95. The summed E-state index contributed by atoms with van der Waals surface area (Å²) in [6.45, 7) is 7.32. The first kappa shape index (κ1) is 14.5. The van der Waals surface area contributed by atoms with Gasteiger partial charge in [0.25, 0.3) is 0 Å². The van der Waals surface area contributed by atoms with Crippen LogP contribution in [0.2, 0.25) is 0 Å². The third-order valence-corrected chi connectivity index (χ3v) is 4.03. The van der Waals surface area contributed by atoms with Crippen LogP contribution in [0.15, 0.2) is 0 Å². The first-order valence-electron chi connectivity index (χ1n) is 7.22. The van der Waals surface area contributed by atoms with Crippen LogP contribution in [0.25, 0.3) is 0 Å². The fourth-order valence-corrected chi connectivity index (χ4v) is 2.71. The van der Waals surface area contributed by atoms with Crippen LogP contribution < -0.4 is 5.32 Å². The molecule has 1 saturated carbocycles. The molecule has 0 amide bonds. The zero-order chi connectivity index (χ0) is 12.7. The summed E-state index contributed by atoms with van der Waals surface area (Å²) in [7, 11) is 0. The Morgan fingerprint density at radius 2 is 1.88 bits per heavy atom. The summed E-state index contributed by atoms with van der Waals surface area (Å²) >= 11 is 0. The minimum atomic E-state index is -0.174. The van der Waals surface area contributed by atoms with Gasteiger partial charge in [-0.3, -0.25) is 0 Å². The Morgan fingerprint density at radius 3 is 2.41 bits per heavy atom. The van der Waals surface area contributed by atoms with Crippen molar-refractivity contribution in [3.63, 3.8) is 0 Å².